The highest BCUT2D eigenvalue weighted by atomic mass is 16.5. The second-order valence-electron chi connectivity index (χ2n) is 5.15. The Kier molecular flexibility index (Phi) is 2.42. The molecule has 2 aliphatic heterocycles. The van der Waals surface area contributed by atoms with Gasteiger partial charge in [-0.25, -0.2) is 0 Å². The summed E-state index contributed by atoms with van der Waals surface area (Å²) < 4.78 is 5.26. The lowest BCUT2D eigenvalue weighted by Gasteiger charge is -2.48. The number of morpholine rings is 1. The summed E-state index contributed by atoms with van der Waals surface area (Å²) in [5, 5.41) is 13.3. The Morgan fingerprint density at radius 2 is 2.19 bits per heavy atom. The van der Waals surface area contributed by atoms with E-state index in [1.807, 2.05) is 0 Å². The Bertz CT molecular complexity index is 292. The van der Waals surface area contributed by atoms with E-state index in [0.717, 1.165) is 19.4 Å². The summed E-state index contributed by atoms with van der Waals surface area (Å²) in [5.41, 5.74) is -0.578. The van der Waals surface area contributed by atoms with E-state index in [1.54, 1.807) is 4.90 Å². The van der Waals surface area contributed by atoms with Gasteiger partial charge in [-0.1, -0.05) is 0 Å². The lowest BCUT2D eigenvalue weighted by atomic mass is 9.88. The van der Waals surface area contributed by atoms with Crippen molar-refractivity contribution in [2.75, 3.05) is 32.8 Å². The summed E-state index contributed by atoms with van der Waals surface area (Å²) in [6.07, 6.45) is 2.23. The van der Waals surface area contributed by atoms with Crippen LogP contribution in [0.4, 0.5) is 0 Å². The molecule has 0 radical (unpaired) electrons. The Balaban J connectivity index is 1.53. The molecule has 16 heavy (non-hydrogen) atoms. The van der Waals surface area contributed by atoms with Crippen LogP contribution in [0.15, 0.2) is 0 Å². The lowest BCUT2D eigenvalue weighted by molar-refractivity contribution is -0.163. The van der Waals surface area contributed by atoms with E-state index in [9.17, 15) is 9.90 Å². The topological polar surface area (TPSA) is 61.8 Å². The number of carbonyl (C=O) groups is 1. The van der Waals surface area contributed by atoms with E-state index in [-0.39, 0.29) is 11.9 Å². The Hall–Kier alpha value is -0.650. The maximum Gasteiger partial charge on any atom is 0.242 e. The van der Waals surface area contributed by atoms with Gasteiger partial charge in [0, 0.05) is 6.54 Å². The van der Waals surface area contributed by atoms with Crippen molar-refractivity contribution < 1.29 is 14.6 Å². The maximum atomic E-state index is 12.0. The molecule has 0 aromatic carbocycles. The molecule has 0 bridgehead atoms. The molecule has 90 valence electrons. The van der Waals surface area contributed by atoms with Crippen LogP contribution in [0.1, 0.15) is 12.8 Å². The third-order valence-corrected chi connectivity index (χ3v) is 3.80. The number of amides is 1. The first-order chi connectivity index (χ1) is 7.69. The van der Waals surface area contributed by atoms with Crippen LogP contribution in [0.5, 0.6) is 0 Å². The van der Waals surface area contributed by atoms with E-state index in [1.165, 1.54) is 0 Å². The third-order valence-electron chi connectivity index (χ3n) is 3.80. The van der Waals surface area contributed by atoms with Crippen molar-refractivity contribution in [3.63, 3.8) is 0 Å². The van der Waals surface area contributed by atoms with Gasteiger partial charge in [-0.2, -0.15) is 0 Å². The molecule has 2 heterocycles. The molecule has 2 N–H and O–H groups in total. The van der Waals surface area contributed by atoms with Crippen molar-refractivity contribution in [3.8, 4) is 0 Å². The van der Waals surface area contributed by atoms with Crippen molar-refractivity contribution in [1.82, 2.24) is 10.2 Å². The van der Waals surface area contributed by atoms with Crippen LogP contribution in [0.3, 0.4) is 0 Å². The molecule has 1 aliphatic carbocycles. The number of nitrogens with one attached hydrogen (secondary N) is 1. The fraction of sp³-hybridized carbons (Fsp3) is 0.909. The highest BCUT2D eigenvalue weighted by Gasteiger charge is 2.53. The van der Waals surface area contributed by atoms with Gasteiger partial charge in [-0.3, -0.25) is 4.79 Å². The first-order valence-corrected chi connectivity index (χ1v) is 6.01. The second-order valence-corrected chi connectivity index (χ2v) is 5.15. The minimum Gasteiger partial charge on any atom is -0.386 e. The first-order valence-electron chi connectivity index (χ1n) is 6.01. The van der Waals surface area contributed by atoms with Gasteiger partial charge in [0.15, 0.2) is 0 Å². The third kappa shape index (κ3) is 1.73. The highest BCUT2D eigenvalue weighted by molar-refractivity contribution is 5.83. The molecule has 1 unspecified atom stereocenters. The van der Waals surface area contributed by atoms with E-state index >= 15 is 0 Å². The van der Waals surface area contributed by atoms with Crippen molar-refractivity contribution in [3.05, 3.63) is 0 Å². The number of β-amino-alcohol motifs (C(OH)–C–C–N with tert-alkyl or cyclic N) is 1. The fourth-order valence-corrected chi connectivity index (χ4v) is 2.59. The summed E-state index contributed by atoms with van der Waals surface area (Å²) in [4.78, 5) is 13.7. The average Bonchev–Trinajstić information content (AvgIpc) is 3.09. The van der Waals surface area contributed by atoms with E-state index in [2.05, 4.69) is 5.32 Å². The van der Waals surface area contributed by atoms with Gasteiger partial charge in [-0.15, -0.1) is 0 Å². The first kappa shape index (κ1) is 10.5. The van der Waals surface area contributed by atoms with E-state index < -0.39 is 5.60 Å². The standard InChI is InChI=1S/C11H18N2O3/c14-10(9-5-16-4-3-12-9)13-6-11(15,7-13)8-1-2-8/h8-9,12,15H,1-7H2. The number of ether oxygens (including phenoxy) is 1. The number of aliphatic hydroxyl groups is 1. The summed E-state index contributed by atoms with van der Waals surface area (Å²) >= 11 is 0. The minimum atomic E-state index is -0.578. The summed E-state index contributed by atoms with van der Waals surface area (Å²) in [6.45, 7) is 2.88. The molecule has 3 rings (SSSR count). The minimum absolute atomic E-state index is 0.0741. The van der Waals surface area contributed by atoms with Gasteiger partial charge in [0.2, 0.25) is 5.91 Å². The molecular weight excluding hydrogens is 208 g/mol. The number of hydrogen-bond acceptors (Lipinski definition) is 4. The molecular formula is C11H18N2O3. The number of rotatable bonds is 2. The summed E-state index contributed by atoms with van der Waals surface area (Å²) in [6, 6.07) is -0.211. The van der Waals surface area contributed by atoms with Gasteiger partial charge < -0.3 is 20.1 Å². The van der Waals surface area contributed by atoms with Crippen molar-refractivity contribution in [2.45, 2.75) is 24.5 Å². The predicted octanol–water partition coefficient (Wildman–Crippen LogP) is -1.04. The quantitative estimate of drug-likeness (QED) is 0.631. The van der Waals surface area contributed by atoms with Gasteiger partial charge in [0.25, 0.3) is 0 Å². The molecule has 1 atom stereocenters. The number of carbonyl (C=O) groups excluding carboxylic acids is 1. The van der Waals surface area contributed by atoms with Gasteiger partial charge >= 0.3 is 0 Å². The number of nitrogens with zero attached hydrogens (tertiary/aromatic N) is 1. The molecule has 1 amide bonds. The zero-order chi connectivity index (χ0) is 11.2. The monoisotopic (exact) mass is 226 g/mol. The van der Waals surface area contributed by atoms with Gasteiger partial charge in [-0.05, 0) is 18.8 Å². The molecule has 2 saturated heterocycles. The lowest BCUT2D eigenvalue weighted by Crippen LogP contribution is -2.68. The zero-order valence-corrected chi connectivity index (χ0v) is 9.32. The molecule has 1 saturated carbocycles. The number of likely N-dealkylation sites (tertiary alicyclic amines) is 1. The fourth-order valence-electron chi connectivity index (χ4n) is 2.59. The Morgan fingerprint density at radius 1 is 1.44 bits per heavy atom. The Labute approximate surface area is 94.8 Å². The molecule has 5 nitrogen and oxygen atoms in total. The molecule has 5 heteroatoms. The molecule has 3 fully saturated rings. The van der Waals surface area contributed by atoms with Crippen LogP contribution in [0, 0.1) is 5.92 Å². The second kappa shape index (κ2) is 3.68. The van der Waals surface area contributed by atoms with Crippen LogP contribution in [0.2, 0.25) is 0 Å². The smallest absolute Gasteiger partial charge is 0.242 e. The normalized spacial score (nSPS) is 33.3. The maximum absolute atomic E-state index is 12.0. The van der Waals surface area contributed by atoms with Crippen LogP contribution in [0.25, 0.3) is 0 Å². The molecule has 0 aromatic rings. The van der Waals surface area contributed by atoms with Crippen LogP contribution in [-0.4, -0.2) is 60.4 Å². The van der Waals surface area contributed by atoms with Crippen molar-refractivity contribution in [2.24, 2.45) is 5.92 Å². The van der Waals surface area contributed by atoms with E-state index in [4.69, 9.17) is 4.74 Å². The van der Waals surface area contributed by atoms with Crippen LogP contribution < -0.4 is 5.32 Å². The molecule has 0 aromatic heterocycles. The summed E-state index contributed by atoms with van der Waals surface area (Å²) in [7, 11) is 0. The predicted molar refractivity (Wildman–Crippen MR) is 56.9 cm³/mol. The van der Waals surface area contributed by atoms with Crippen molar-refractivity contribution >= 4 is 5.91 Å². The zero-order valence-electron chi connectivity index (χ0n) is 9.32. The number of hydrogen-bond donors (Lipinski definition) is 2. The van der Waals surface area contributed by atoms with Crippen LogP contribution in [-0.2, 0) is 9.53 Å². The molecule has 0 spiro atoms. The Morgan fingerprint density at radius 3 is 2.75 bits per heavy atom. The largest absolute Gasteiger partial charge is 0.386 e. The van der Waals surface area contributed by atoms with Gasteiger partial charge in [0.1, 0.15) is 11.6 Å². The highest BCUT2D eigenvalue weighted by Crippen LogP contribution is 2.44. The SMILES string of the molecule is O=C(C1COCCN1)N1CC(O)(C2CC2)C1. The summed E-state index contributed by atoms with van der Waals surface area (Å²) in [5.74, 6) is 0.511. The molecule has 3 aliphatic rings. The van der Waals surface area contributed by atoms with Gasteiger partial charge in [0.05, 0.1) is 26.3 Å². The average molecular weight is 226 g/mol. The van der Waals surface area contributed by atoms with E-state index in [0.29, 0.717) is 32.2 Å². The van der Waals surface area contributed by atoms with Crippen LogP contribution >= 0.6 is 0 Å². The van der Waals surface area contributed by atoms with Crippen molar-refractivity contribution in [1.29, 1.82) is 0 Å².